The summed E-state index contributed by atoms with van der Waals surface area (Å²) >= 11 is 0. The Morgan fingerprint density at radius 1 is 1.42 bits per heavy atom. The van der Waals surface area contributed by atoms with Gasteiger partial charge in [-0.1, -0.05) is 30.3 Å². The Kier molecular flexibility index (Phi) is 5.35. The van der Waals surface area contributed by atoms with Crippen LogP contribution in [0, 0.1) is 11.3 Å². The minimum atomic E-state index is -1.13. The lowest BCUT2D eigenvalue weighted by atomic mass is 10.1. The van der Waals surface area contributed by atoms with Gasteiger partial charge in [0.1, 0.15) is 0 Å². The molecule has 100 valence electrons. The van der Waals surface area contributed by atoms with E-state index < -0.39 is 18.0 Å². The van der Waals surface area contributed by atoms with Gasteiger partial charge in [-0.25, -0.2) is 9.59 Å². The molecule has 1 rings (SSSR count). The number of nitriles is 1. The van der Waals surface area contributed by atoms with Gasteiger partial charge >= 0.3 is 12.0 Å². The summed E-state index contributed by atoms with van der Waals surface area (Å²) in [5.41, 5.74) is 0.497. The van der Waals surface area contributed by atoms with Gasteiger partial charge in [-0.15, -0.1) is 0 Å². The highest BCUT2D eigenvalue weighted by atomic mass is 16.4. The Bertz CT molecular complexity index is 482. The van der Waals surface area contributed by atoms with Gasteiger partial charge in [-0.05, 0) is 5.56 Å². The molecule has 6 nitrogen and oxygen atoms in total. The zero-order valence-corrected chi connectivity index (χ0v) is 10.5. The average molecular weight is 261 g/mol. The summed E-state index contributed by atoms with van der Waals surface area (Å²) < 4.78 is 0. The summed E-state index contributed by atoms with van der Waals surface area (Å²) in [6.45, 7) is 0.253. The largest absolute Gasteiger partial charge is 0.479 e. The SMILES string of the molecule is CN(CCC#N)C(=O)NC(C(=O)O)c1ccccc1. The molecule has 1 aromatic rings. The number of carboxylic acids is 1. The van der Waals surface area contributed by atoms with Crippen molar-refractivity contribution in [3.63, 3.8) is 0 Å². The number of carbonyl (C=O) groups excluding carboxylic acids is 1. The van der Waals surface area contributed by atoms with E-state index in [2.05, 4.69) is 5.32 Å². The molecule has 0 heterocycles. The van der Waals surface area contributed by atoms with Crippen LogP contribution >= 0.6 is 0 Å². The number of urea groups is 1. The number of hydrogen-bond acceptors (Lipinski definition) is 3. The molecule has 2 amide bonds. The van der Waals surface area contributed by atoms with E-state index in [0.29, 0.717) is 5.56 Å². The predicted octanol–water partition coefficient (Wildman–Crippen LogP) is 1.37. The fraction of sp³-hybridized carbons (Fsp3) is 0.308. The van der Waals surface area contributed by atoms with E-state index in [4.69, 9.17) is 10.4 Å². The van der Waals surface area contributed by atoms with Gasteiger partial charge < -0.3 is 15.3 Å². The number of carboxylic acid groups (broad SMARTS) is 1. The average Bonchev–Trinajstić information content (AvgIpc) is 2.42. The molecule has 1 atom stereocenters. The molecule has 0 aliphatic heterocycles. The van der Waals surface area contributed by atoms with Crippen LogP contribution in [-0.2, 0) is 4.79 Å². The first-order valence-electron chi connectivity index (χ1n) is 5.72. The number of nitrogens with one attached hydrogen (secondary N) is 1. The first-order valence-corrected chi connectivity index (χ1v) is 5.72. The normalized spacial score (nSPS) is 11.2. The summed E-state index contributed by atoms with van der Waals surface area (Å²) in [6, 6.07) is 8.75. The van der Waals surface area contributed by atoms with Crippen LogP contribution in [0.4, 0.5) is 4.79 Å². The first kappa shape index (κ1) is 14.5. The molecule has 0 aliphatic carbocycles. The third-order valence-electron chi connectivity index (χ3n) is 2.55. The minimum Gasteiger partial charge on any atom is -0.479 e. The van der Waals surface area contributed by atoms with E-state index in [1.807, 2.05) is 6.07 Å². The quantitative estimate of drug-likeness (QED) is 0.837. The molecular formula is C13H15N3O3. The van der Waals surface area contributed by atoms with Crippen molar-refractivity contribution in [1.82, 2.24) is 10.2 Å². The summed E-state index contributed by atoms with van der Waals surface area (Å²) in [5.74, 6) is -1.13. The van der Waals surface area contributed by atoms with Crippen LogP contribution in [0.5, 0.6) is 0 Å². The molecule has 1 unspecified atom stereocenters. The highest BCUT2D eigenvalue weighted by molar-refractivity contribution is 5.83. The predicted molar refractivity (Wildman–Crippen MR) is 68.2 cm³/mol. The lowest BCUT2D eigenvalue weighted by Crippen LogP contribution is -2.42. The number of carbonyl (C=O) groups is 2. The van der Waals surface area contributed by atoms with E-state index in [0.717, 1.165) is 0 Å². The van der Waals surface area contributed by atoms with Gasteiger partial charge in [0.05, 0.1) is 12.5 Å². The van der Waals surface area contributed by atoms with E-state index in [1.54, 1.807) is 30.3 Å². The molecule has 0 aromatic heterocycles. The van der Waals surface area contributed by atoms with Gasteiger partial charge in [0.2, 0.25) is 0 Å². The van der Waals surface area contributed by atoms with Crippen molar-refractivity contribution < 1.29 is 14.7 Å². The number of amides is 2. The van der Waals surface area contributed by atoms with Crippen molar-refractivity contribution in [2.24, 2.45) is 0 Å². The summed E-state index contributed by atoms with van der Waals surface area (Å²) in [6.07, 6.45) is 0.201. The third kappa shape index (κ3) is 4.32. The van der Waals surface area contributed by atoms with Crippen LogP contribution in [-0.4, -0.2) is 35.6 Å². The third-order valence-corrected chi connectivity index (χ3v) is 2.55. The molecule has 0 spiro atoms. The molecule has 0 fully saturated rings. The number of aliphatic carboxylic acids is 1. The molecular weight excluding hydrogens is 246 g/mol. The van der Waals surface area contributed by atoms with Gasteiger partial charge in [-0.2, -0.15) is 5.26 Å². The van der Waals surface area contributed by atoms with Gasteiger partial charge in [-0.3, -0.25) is 0 Å². The highest BCUT2D eigenvalue weighted by Crippen LogP contribution is 2.12. The number of rotatable bonds is 5. The maximum absolute atomic E-state index is 11.8. The van der Waals surface area contributed by atoms with Gasteiger partial charge in [0.25, 0.3) is 0 Å². The van der Waals surface area contributed by atoms with E-state index in [1.165, 1.54) is 11.9 Å². The summed E-state index contributed by atoms with van der Waals surface area (Å²) in [7, 11) is 1.51. The molecule has 0 aliphatic rings. The fourth-order valence-electron chi connectivity index (χ4n) is 1.49. The smallest absolute Gasteiger partial charge is 0.330 e. The standard InChI is InChI=1S/C13H15N3O3/c1-16(9-5-8-14)13(19)15-11(12(17)18)10-6-3-2-4-7-10/h2-4,6-7,11H,5,9H2,1H3,(H,15,19)(H,17,18). The lowest BCUT2D eigenvalue weighted by Gasteiger charge is -2.20. The number of nitrogens with zero attached hydrogens (tertiary/aromatic N) is 2. The monoisotopic (exact) mass is 261 g/mol. The van der Waals surface area contributed by atoms with Crippen LogP contribution in [0.25, 0.3) is 0 Å². The van der Waals surface area contributed by atoms with Crippen molar-refractivity contribution in [2.75, 3.05) is 13.6 Å². The highest BCUT2D eigenvalue weighted by Gasteiger charge is 2.23. The molecule has 0 saturated heterocycles. The van der Waals surface area contributed by atoms with E-state index in [9.17, 15) is 9.59 Å². The molecule has 2 N–H and O–H groups in total. The molecule has 1 aromatic carbocycles. The maximum atomic E-state index is 11.8. The second-order valence-electron chi connectivity index (χ2n) is 3.96. The van der Waals surface area contributed by atoms with E-state index >= 15 is 0 Å². The summed E-state index contributed by atoms with van der Waals surface area (Å²) in [4.78, 5) is 24.2. The van der Waals surface area contributed by atoms with Crippen molar-refractivity contribution in [3.05, 3.63) is 35.9 Å². The van der Waals surface area contributed by atoms with Crippen LogP contribution in [0.15, 0.2) is 30.3 Å². The molecule has 0 bridgehead atoms. The van der Waals surface area contributed by atoms with Crippen molar-refractivity contribution in [1.29, 1.82) is 5.26 Å². The zero-order valence-electron chi connectivity index (χ0n) is 10.5. The topological polar surface area (TPSA) is 93.4 Å². The van der Waals surface area contributed by atoms with Crippen LogP contribution in [0.3, 0.4) is 0 Å². The maximum Gasteiger partial charge on any atom is 0.330 e. The Morgan fingerprint density at radius 3 is 2.58 bits per heavy atom. The molecule has 19 heavy (non-hydrogen) atoms. The number of benzene rings is 1. The van der Waals surface area contributed by atoms with E-state index in [-0.39, 0.29) is 13.0 Å². The van der Waals surface area contributed by atoms with Gasteiger partial charge in [0.15, 0.2) is 6.04 Å². The van der Waals surface area contributed by atoms with Crippen LogP contribution < -0.4 is 5.32 Å². The van der Waals surface area contributed by atoms with Gasteiger partial charge in [0, 0.05) is 13.6 Å². The molecule has 0 saturated carbocycles. The van der Waals surface area contributed by atoms with Crippen LogP contribution in [0.1, 0.15) is 18.0 Å². The Balaban J connectivity index is 2.73. The zero-order chi connectivity index (χ0) is 14.3. The summed E-state index contributed by atoms with van der Waals surface area (Å²) in [5, 5.41) is 20.0. The first-order chi connectivity index (χ1) is 9.06. The Morgan fingerprint density at radius 2 is 2.05 bits per heavy atom. The van der Waals surface area contributed by atoms with Crippen molar-refractivity contribution >= 4 is 12.0 Å². The van der Waals surface area contributed by atoms with Crippen LogP contribution in [0.2, 0.25) is 0 Å². The van der Waals surface area contributed by atoms with Crippen molar-refractivity contribution in [2.45, 2.75) is 12.5 Å². The Labute approximate surface area is 111 Å². The fourth-order valence-corrected chi connectivity index (χ4v) is 1.49. The molecule has 0 radical (unpaired) electrons. The van der Waals surface area contributed by atoms with Crippen molar-refractivity contribution in [3.8, 4) is 6.07 Å². The second kappa shape index (κ2) is 7.01. The minimum absolute atomic E-state index is 0.201. The Hall–Kier alpha value is -2.55. The lowest BCUT2D eigenvalue weighted by molar-refractivity contribution is -0.139. The second-order valence-corrected chi connectivity index (χ2v) is 3.96. The molecule has 6 heteroatoms. The number of hydrogen-bond donors (Lipinski definition) is 2.